The zero-order valence-corrected chi connectivity index (χ0v) is 13.0. The normalized spacial score (nSPS) is 11.6. The van der Waals surface area contributed by atoms with Crippen LogP contribution in [0.2, 0.25) is 0 Å². The highest BCUT2D eigenvalue weighted by Gasteiger charge is 2.10. The van der Waals surface area contributed by atoms with E-state index < -0.39 is 0 Å². The first-order valence-electron chi connectivity index (χ1n) is 6.40. The lowest BCUT2D eigenvalue weighted by atomic mass is 9.96. The number of hydrogen-bond acceptors (Lipinski definition) is 5. The van der Waals surface area contributed by atoms with Crippen LogP contribution < -0.4 is 5.32 Å². The molecule has 1 aromatic heterocycles. The highest BCUT2D eigenvalue weighted by atomic mass is 32.1. The Morgan fingerprint density at radius 3 is 2.75 bits per heavy atom. The Kier molecular flexibility index (Phi) is 5.88. The number of nitrogens with one attached hydrogen (secondary N) is 1. The molecule has 0 fully saturated rings. The maximum absolute atomic E-state index is 11.7. The van der Waals surface area contributed by atoms with Gasteiger partial charge in [-0.1, -0.05) is 26.8 Å². The van der Waals surface area contributed by atoms with E-state index in [2.05, 4.69) is 10.3 Å². The summed E-state index contributed by atoms with van der Waals surface area (Å²) < 4.78 is 4.84. The molecule has 6 heteroatoms. The number of anilines is 1. The zero-order chi connectivity index (χ0) is 15.2. The van der Waals surface area contributed by atoms with Crippen LogP contribution in [0.1, 0.15) is 33.4 Å². The van der Waals surface area contributed by atoms with Crippen molar-refractivity contribution < 1.29 is 14.3 Å². The summed E-state index contributed by atoms with van der Waals surface area (Å²) in [7, 11) is 0. The van der Waals surface area contributed by atoms with E-state index in [1.54, 1.807) is 12.3 Å². The Hall–Kier alpha value is -1.69. The van der Waals surface area contributed by atoms with Crippen LogP contribution in [0.4, 0.5) is 5.13 Å². The molecule has 0 spiro atoms. The summed E-state index contributed by atoms with van der Waals surface area (Å²) in [5.41, 5.74) is 0.554. The van der Waals surface area contributed by atoms with Gasteiger partial charge in [-0.15, -0.1) is 11.3 Å². The monoisotopic (exact) mass is 296 g/mol. The number of hydrogen-bond donors (Lipinski definition) is 1. The van der Waals surface area contributed by atoms with Gasteiger partial charge in [0, 0.05) is 5.38 Å². The number of ether oxygens (including phenoxy) is 1. The van der Waals surface area contributed by atoms with Gasteiger partial charge in [-0.2, -0.15) is 0 Å². The lowest BCUT2D eigenvalue weighted by Gasteiger charge is -2.10. The first-order valence-corrected chi connectivity index (χ1v) is 7.28. The van der Waals surface area contributed by atoms with Crippen LogP contribution in [0.15, 0.2) is 17.5 Å². The Morgan fingerprint density at radius 2 is 2.15 bits per heavy atom. The minimum absolute atomic E-state index is 0.0463. The van der Waals surface area contributed by atoms with Gasteiger partial charge in [-0.05, 0) is 18.4 Å². The van der Waals surface area contributed by atoms with Crippen LogP contribution in [0.25, 0.3) is 0 Å². The third-order valence-corrected chi connectivity index (χ3v) is 2.95. The molecule has 1 heterocycles. The summed E-state index contributed by atoms with van der Waals surface area (Å²) in [6.07, 6.45) is 3.44. The van der Waals surface area contributed by atoms with Gasteiger partial charge in [0.05, 0.1) is 18.7 Å². The van der Waals surface area contributed by atoms with E-state index >= 15 is 0 Å². The molecule has 0 atom stereocenters. The zero-order valence-electron chi connectivity index (χ0n) is 12.2. The molecule has 0 aliphatic rings. The average Bonchev–Trinajstić information content (AvgIpc) is 2.73. The molecule has 1 amide bonds. The minimum Gasteiger partial charge on any atom is -0.466 e. The van der Waals surface area contributed by atoms with E-state index in [0.717, 1.165) is 0 Å². The fourth-order valence-electron chi connectivity index (χ4n) is 1.28. The molecule has 1 aromatic rings. The third kappa shape index (κ3) is 6.47. The van der Waals surface area contributed by atoms with Crippen LogP contribution in [-0.4, -0.2) is 23.5 Å². The second-order valence-corrected chi connectivity index (χ2v) is 6.17. The SMILES string of the molecule is CCOC(=O)Cc1csc(NC(=O)C=CC(C)(C)C)n1. The van der Waals surface area contributed by atoms with Crippen LogP contribution in [0.5, 0.6) is 0 Å². The molecule has 0 unspecified atom stereocenters. The molecule has 0 saturated carbocycles. The molecule has 1 N–H and O–H groups in total. The lowest BCUT2D eigenvalue weighted by Crippen LogP contribution is -2.10. The van der Waals surface area contributed by atoms with Gasteiger partial charge in [0.15, 0.2) is 5.13 Å². The number of carbonyl (C=O) groups is 2. The molecule has 110 valence electrons. The number of nitrogens with zero attached hydrogens (tertiary/aromatic N) is 1. The van der Waals surface area contributed by atoms with Crippen LogP contribution in [0.3, 0.4) is 0 Å². The first-order chi connectivity index (χ1) is 9.30. The van der Waals surface area contributed by atoms with E-state index in [9.17, 15) is 9.59 Å². The Morgan fingerprint density at radius 1 is 1.45 bits per heavy atom. The molecule has 0 bridgehead atoms. The lowest BCUT2D eigenvalue weighted by molar-refractivity contribution is -0.142. The molecule has 0 aliphatic heterocycles. The van der Waals surface area contributed by atoms with Crippen LogP contribution in [0, 0.1) is 5.41 Å². The highest BCUT2D eigenvalue weighted by molar-refractivity contribution is 7.14. The summed E-state index contributed by atoms with van der Waals surface area (Å²) in [5, 5.41) is 4.89. The van der Waals surface area contributed by atoms with Gasteiger partial charge in [0.2, 0.25) is 5.91 Å². The molecule has 0 radical (unpaired) electrons. The van der Waals surface area contributed by atoms with Gasteiger partial charge in [0.1, 0.15) is 0 Å². The molecule has 0 aromatic carbocycles. The first kappa shape index (κ1) is 16.4. The summed E-state index contributed by atoms with van der Waals surface area (Å²) in [6.45, 7) is 8.14. The van der Waals surface area contributed by atoms with Gasteiger partial charge in [-0.3, -0.25) is 14.9 Å². The predicted molar refractivity (Wildman–Crippen MR) is 79.7 cm³/mol. The van der Waals surface area contributed by atoms with Crippen molar-refractivity contribution in [2.45, 2.75) is 34.1 Å². The van der Waals surface area contributed by atoms with Crippen LogP contribution in [-0.2, 0) is 20.7 Å². The molecular weight excluding hydrogens is 276 g/mol. The van der Waals surface area contributed by atoms with E-state index in [1.807, 2.05) is 26.8 Å². The number of allylic oxidation sites excluding steroid dienone is 1. The van der Waals surface area contributed by atoms with Crippen molar-refractivity contribution in [3.05, 3.63) is 23.2 Å². The van der Waals surface area contributed by atoms with Crippen molar-refractivity contribution in [3.8, 4) is 0 Å². The standard InChI is InChI=1S/C14H20N2O3S/c1-5-19-12(18)8-10-9-20-13(15-10)16-11(17)6-7-14(2,3)4/h6-7,9H,5,8H2,1-4H3,(H,15,16,17). The van der Waals surface area contributed by atoms with E-state index in [4.69, 9.17) is 4.74 Å². The Balaban J connectivity index is 2.54. The summed E-state index contributed by atoms with van der Waals surface area (Å²) in [4.78, 5) is 27.1. The minimum atomic E-state index is -0.316. The number of esters is 1. The summed E-state index contributed by atoms with van der Waals surface area (Å²) in [6, 6.07) is 0. The average molecular weight is 296 g/mol. The maximum Gasteiger partial charge on any atom is 0.311 e. The fourth-order valence-corrected chi connectivity index (χ4v) is 1.99. The third-order valence-electron chi connectivity index (χ3n) is 2.15. The largest absolute Gasteiger partial charge is 0.466 e. The van der Waals surface area contributed by atoms with Crippen molar-refractivity contribution in [2.75, 3.05) is 11.9 Å². The number of carbonyl (C=O) groups excluding carboxylic acids is 2. The quantitative estimate of drug-likeness (QED) is 0.670. The second-order valence-electron chi connectivity index (χ2n) is 5.31. The smallest absolute Gasteiger partial charge is 0.311 e. The van der Waals surface area contributed by atoms with E-state index in [-0.39, 0.29) is 23.7 Å². The van der Waals surface area contributed by atoms with Crippen LogP contribution >= 0.6 is 11.3 Å². The number of aromatic nitrogens is 1. The summed E-state index contributed by atoms with van der Waals surface area (Å²) in [5.74, 6) is -0.541. The predicted octanol–water partition coefficient (Wildman–Crippen LogP) is 2.79. The molecule has 0 saturated heterocycles. The molecule has 0 aliphatic carbocycles. The Labute approximate surface area is 123 Å². The molecule has 5 nitrogen and oxygen atoms in total. The van der Waals surface area contributed by atoms with Crippen molar-refractivity contribution in [1.82, 2.24) is 4.98 Å². The highest BCUT2D eigenvalue weighted by Crippen LogP contribution is 2.17. The van der Waals surface area contributed by atoms with E-state index in [0.29, 0.717) is 17.4 Å². The number of rotatable bonds is 5. The topological polar surface area (TPSA) is 68.3 Å². The molecular formula is C14H20N2O3S. The van der Waals surface area contributed by atoms with Gasteiger partial charge >= 0.3 is 5.97 Å². The second kappa shape index (κ2) is 7.19. The molecule has 20 heavy (non-hydrogen) atoms. The van der Waals surface area contributed by atoms with E-state index in [1.165, 1.54) is 17.4 Å². The summed E-state index contributed by atoms with van der Waals surface area (Å²) >= 11 is 1.29. The van der Waals surface area contributed by atoms with Gasteiger partial charge < -0.3 is 4.74 Å². The van der Waals surface area contributed by atoms with Crippen molar-refractivity contribution in [3.63, 3.8) is 0 Å². The van der Waals surface area contributed by atoms with Crippen molar-refractivity contribution in [1.29, 1.82) is 0 Å². The Bertz CT molecular complexity index is 501. The van der Waals surface area contributed by atoms with Crippen molar-refractivity contribution in [2.24, 2.45) is 5.41 Å². The number of thiazole rings is 1. The maximum atomic E-state index is 11.7. The molecule has 1 rings (SSSR count). The number of amides is 1. The van der Waals surface area contributed by atoms with Gasteiger partial charge in [0.25, 0.3) is 0 Å². The fraction of sp³-hybridized carbons (Fsp3) is 0.500. The van der Waals surface area contributed by atoms with Gasteiger partial charge in [-0.25, -0.2) is 4.98 Å². The van der Waals surface area contributed by atoms with Crippen molar-refractivity contribution >= 4 is 28.3 Å².